The summed E-state index contributed by atoms with van der Waals surface area (Å²) in [6.45, 7) is 1.38. The van der Waals surface area contributed by atoms with Gasteiger partial charge in [-0.25, -0.2) is 12.8 Å². The van der Waals surface area contributed by atoms with Gasteiger partial charge in [0, 0.05) is 25.0 Å². The number of sulfone groups is 1. The fourth-order valence-corrected chi connectivity index (χ4v) is 4.70. The Bertz CT molecular complexity index is 1020. The molecular formula is C19H17FN2O4S. The zero-order valence-corrected chi connectivity index (χ0v) is 15.2. The van der Waals surface area contributed by atoms with Gasteiger partial charge in [-0.2, -0.15) is 0 Å². The lowest BCUT2D eigenvalue weighted by atomic mass is 10.2. The number of nitrogens with zero attached hydrogens (tertiary/aromatic N) is 2. The van der Waals surface area contributed by atoms with Crippen LogP contribution in [0.5, 0.6) is 0 Å². The van der Waals surface area contributed by atoms with Gasteiger partial charge in [0.2, 0.25) is 9.84 Å². The fraction of sp³-hybridized carbons (Fsp3) is 0.211. The monoisotopic (exact) mass is 388 g/mol. The molecule has 2 heterocycles. The van der Waals surface area contributed by atoms with Crippen LogP contribution >= 0.6 is 0 Å². The molecule has 27 heavy (non-hydrogen) atoms. The van der Waals surface area contributed by atoms with E-state index in [9.17, 15) is 17.6 Å². The molecule has 2 aliphatic heterocycles. The zero-order chi connectivity index (χ0) is 19.0. The first-order valence-electron chi connectivity index (χ1n) is 8.46. The van der Waals surface area contributed by atoms with Crippen molar-refractivity contribution < 1.29 is 22.3 Å². The molecule has 0 bridgehead atoms. The summed E-state index contributed by atoms with van der Waals surface area (Å²) in [5.74, 6) is -1.13. The Morgan fingerprint density at radius 2 is 1.74 bits per heavy atom. The molecule has 140 valence electrons. The summed E-state index contributed by atoms with van der Waals surface area (Å²) in [6, 6.07) is 12.4. The third-order valence-corrected chi connectivity index (χ3v) is 6.33. The SMILES string of the molecule is O=C(C1=CN(c2ccccc2)c2cc(F)ccc2S1(=O)=O)N1CCOCC1. The quantitative estimate of drug-likeness (QED) is 0.740. The van der Waals surface area contributed by atoms with Crippen LogP contribution in [0.25, 0.3) is 0 Å². The summed E-state index contributed by atoms with van der Waals surface area (Å²) in [6.07, 6.45) is 1.28. The van der Waals surface area contributed by atoms with Crippen molar-refractivity contribution in [3.63, 3.8) is 0 Å². The first kappa shape index (κ1) is 17.7. The van der Waals surface area contributed by atoms with Crippen LogP contribution < -0.4 is 4.90 Å². The lowest BCUT2D eigenvalue weighted by Crippen LogP contribution is -2.43. The fourth-order valence-electron chi connectivity index (χ4n) is 3.18. The van der Waals surface area contributed by atoms with Crippen LogP contribution in [0, 0.1) is 5.82 Å². The van der Waals surface area contributed by atoms with Gasteiger partial charge in [-0.1, -0.05) is 18.2 Å². The average molecular weight is 388 g/mol. The number of rotatable bonds is 2. The van der Waals surface area contributed by atoms with E-state index in [4.69, 9.17) is 4.74 Å². The molecule has 2 aromatic carbocycles. The molecule has 2 aromatic rings. The second-order valence-corrected chi connectivity index (χ2v) is 8.11. The summed E-state index contributed by atoms with van der Waals surface area (Å²) >= 11 is 0. The minimum atomic E-state index is -4.07. The molecule has 8 heteroatoms. The number of halogens is 1. The van der Waals surface area contributed by atoms with Gasteiger partial charge in [-0.3, -0.25) is 4.79 Å². The number of carbonyl (C=O) groups excluding carboxylic acids is 1. The van der Waals surface area contributed by atoms with E-state index >= 15 is 0 Å². The van der Waals surface area contributed by atoms with Crippen LogP contribution in [0.1, 0.15) is 0 Å². The van der Waals surface area contributed by atoms with Crippen LogP contribution in [0.2, 0.25) is 0 Å². The normalized spacial score (nSPS) is 18.6. The van der Waals surface area contributed by atoms with Gasteiger partial charge in [-0.05, 0) is 30.3 Å². The van der Waals surface area contributed by atoms with E-state index in [2.05, 4.69) is 0 Å². The van der Waals surface area contributed by atoms with Crippen molar-refractivity contribution in [2.75, 3.05) is 31.2 Å². The molecule has 0 unspecified atom stereocenters. The standard InChI is InChI=1S/C19H17FN2O4S/c20-14-6-7-17-16(12-14)22(15-4-2-1-3-5-15)13-18(27(17,24)25)19(23)21-8-10-26-11-9-21/h1-7,12-13H,8-11H2. The van der Waals surface area contributed by atoms with Gasteiger partial charge in [0.15, 0.2) is 4.91 Å². The lowest BCUT2D eigenvalue weighted by Gasteiger charge is -2.32. The molecule has 6 nitrogen and oxygen atoms in total. The van der Waals surface area contributed by atoms with Crippen molar-refractivity contribution in [3.8, 4) is 0 Å². The minimum absolute atomic E-state index is 0.0909. The smallest absolute Gasteiger partial charge is 0.267 e. The van der Waals surface area contributed by atoms with E-state index in [1.807, 2.05) is 6.07 Å². The van der Waals surface area contributed by atoms with E-state index in [1.54, 1.807) is 24.3 Å². The molecular weight excluding hydrogens is 371 g/mol. The highest BCUT2D eigenvalue weighted by molar-refractivity contribution is 7.96. The molecule has 1 saturated heterocycles. The van der Waals surface area contributed by atoms with E-state index in [1.165, 1.54) is 22.1 Å². The van der Waals surface area contributed by atoms with Gasteiger partial charge in [0.05, 0.1) is 23.8 Å². The molecule has 2 aliphatic rings. The Morgan fingerprint density at radius 3 is 2.44 bits per heavy atom. The molecule has 0 radical (unpaired) electrons. The second-order valence-electron chi connectivity index (χ2n) is 6.22. The van der Waals surface area contributed by atoms with Crippen LogP contribution in [0.3, 0.4) is 0 Å². The maximum absolute atomic E-state index is 13.9. The van der Waals surface area contributed by atoms with Crippen LogP contribution in [-0.2, 0) is 19.4 Å². The van der Waals surface area contributed by atoms with Crippen molar-refractivity contribution in [1.29, 1.82) is 0 Å². The predicted octanol–water partition coefficient (Wildman–Crippen LogP) is 2.45. The van der Waals surface area contributed by atoms with Gasteiger partial charge in [0.25, 0.3) is 5.91 Å². The number of anilines is 2. The molecule has 1 fully saturated rings. The van der Waals surface area contributed by atoms with E-state index in [-0.39, 0.29) is 15.5 Å². The number of morpholine rings is 1. The topological polar surface area (TPSA) is 66.9 Å². The molecule has 0 atom stereocenters. The van der Waals surface area contributed by atoms with Crippen LogP contribution in [-0.4, -0.2) is 45.5 Å². The molecule has 4 rings (SSSR count). The maximum Gasteiger partial charge on any atom is 0.267 e. The van der Waals surface area contributed by atoms with Crippen LogP contribution in [0.15, 0.2) is 64.5 Å². The maximum atomic E-state index is 13.9. The van der Waals surface area contributed by atoms with Crippen molar-refractivity contribution in [2.24, 2.45) is 0 Å². The zero-order valence-electron chi connectivity index (χ0n) is 14.3. The number of carbonyl (C=O) groups is 1. The second kappa shape index (κ2) is 6.79. The average Bonchev–Trinajstić information content (AvgIpc) is 2.69. The largest absolute Gasteiger partial charge is 0.378 e. The van der Waals surface area contributed by atoms with Gasteiger partial charge >= 0.3 is 0 Å². The number of amides is 1. The van der Waals surface area contributed by atoms with E-state index < -0.39 is 21.6 Å². The highest BCUT2D eigenvalue weighted by Crippen LogP contribution is 2.40. The van der Waals surface area contributed by atoms with E-state index in [0.29, 0.717) is 32.0 Å². The van der Waals surface area contributed by atoms with Crippen molar-refractivity contribution in [1.82, 2.24) is 4.90 Å². The summed E-state index contributed by atoms with van der Waals surface area (Å²) in [7, 11) is -4.07. The highest BCUT2D eigenvalue weighted by atomic mass is 32.2. The number of hydrogen-bond acceptors (Lipinski definition) is 5. The molecule has 0 aromatic heterocycles. The Hall–Kier alpha value is -2.71. The Balaban J connectivity index is 1.87. The van der Waals surface area contributed by atoms with Gasteiger partial charge in [-0.15, -0.1) is 0 Å². The molecule has 1 amide bonds. The molecule has 0 aliphatic carbocycles. The Kier molecular flexibility index (Phi) is 4.45. The van der Waals surface area contributed by atoms with E-state index in [0.717, 1.165) is 12.1 Å². The molecule has 0 N–H and O–H groups in total. The number of hydrogen-bond donors (Lipinski definition) is 0. The van der Waals surface area contributed by atoms with Gasteiger partial charge < -0.3 is 14.5 Å². The molecule has 0 spiro atoms. The number of fused-ring (bicyclic) bond motifs is 1. The van der Waals surface area contributed by atoms with Crippen molar-refractivity contribution >= 4 is 27.1 Å². The highest BCUT2D eigenvalue weighted by Gasteiger charge is 2.38. The minimum Gasteiger partial charge on any atom is -0.378 e. The summed E-state index contributed by atoms with van der Waals surface area (Å²) < 4.78 is 45.2. The first-order chi connectivity index (χ1) is 13.0. The predicted molar refractivity (Wildman–Crippen MR) is 97.6 cm³/mol. The van der Waals surface area contributed by atoms with Crippen molar-refractivity contribution in [2.45, 2.75) is 4.90 Å². The Labute approximate surface area is 156 Å². The van der Waals surface area contributed by atoms with Crippen molar-refractivity contribution in [3.05, 3.63) is 65.5 Å². The molecule has 0 saturated carbocycles. The lowest BCUT2D eigenvalue weighted by molar-refractivity contribution is -0.130. The summed E-state index contributed by atoms with van der Waals surface area (Å²) in [4.78, 5) is 15.5. The number of benzene rings is 2. The summed E-state index contributed by atoms with van der Waals surface area (Å²) in [5.41, 5.74) is 0.811. The van der Waals surface area contributed by atoms with Crippen LogP contribution in [0.4, 0.5) is 15.8 Å². The Morgan fingerprint density at radius 1 is 1.04 bits per heavy atom. The third kappa shape index (κ3) is 3.11. The third-order valence-electron chi connectivity index (χ3n) is 4.55. The first-order valence-corrected chi connectivity index (χ1v) is 9.94. The summed E-state index contributed by atoms with van der Waals surface area (Å²) in [5, 5.41) is 0. The number of para-hydroxylation sites is 1. The number of ether oxygens (including phenoxy) is 1. The van der Waals surface area contributed by atoms with Gasteiger partial charge in [0.1, 0.15) is 5.82 Å².